The highest BCUT2D eigenvalue weighted by atomic mass is 16.2. The highest BCUT2D eigenvalue weighted by Gasteiger charge is 2.43. The molecule has 1 aromatic carbocycles. The van der Waals surface area contributed by atoms with Crippen LogP contribution in [-0.2, 0) is 6.42 Å². The molecule has 2 fully saturated rings. The molecule has 2 saturated heterocycles. The molecule has 154 valence electrons. The van der Waals surface area contributed by atoms with Crippen LogP contribution in [0.25, 0.3) is 6.08 Å². The molecule has 1 unspecified atom stereocenters. The Kier molecular flexibility index (Phi) is 4.57. The van der Waals surface area contributed by atoms with Crippen molar-refractivity contribution in [3.63, 3.8) is 0 Å². The molecule has 3 heterocycles. The Bertz CT molecular complexity index is 1030. The summed E-state index contributed by atoms with van der Waals surface area (Å²) in [6.45, 7) is 2.03. The number of aromatic nitrogens is 1. The van der Waals surface area contributed by atoms with Crippen molar-refractivity contribution < 1.29 is 9.59 Å². The fourth-order valence-electron chi connectivity index (χ4n) is 5.21. The summed E-state index contributed by atoms with van der Waals surface area (Å²) in [5, 5.41) is 3.61. The molecule has 2 bridgehead atoms. The molecular weight excluding hydrogens is 376 g/mol. The average Bonchev–Trinajstić information content (AvgIpc) is 3.31. The number of primary amides is 1. The lowest BCUT2D eigenvalue weighted by molar-refractivity contribution is 0.0583. The van der Waals surface area contributed by atoms with Crippen LogP contribution in [0.5, 0.6) is 0 Å². The first kappa shape index (κ1) is 18.9. The van der Waals surface area contributed by atoms with Crippen LogP contribution in [0.1, 0.15) is 63.2 Å². The summed E-state index contributed by atoms with van der Waals surface area (Å²) in [6.07, 6.45) is 10.2. The fourth-order valence-corrected chi connectivity index (χ4v) is 5.21. The lowest BCUT2D eigenvalue weighted by Gasteiger charge is -2.40. The molecule has 0 saturated carbocycles. The van der Waals surface area contributed by atoms with Gasteiger partial charge in [-0.1, -0.05) is 29.8 Å². The third-order valence-corrected chi connectivity index (χ3v) is 6.67. The van der Waals surface area contributed by atoms with E-state index in [2.05, 4.69) is 21.3 Å². The average molecular weight is 402 g/mol. The Labute approximate surface area is 176 Å². The Morgan fingerprint density at radius 1 is 1.13 bits per heavy atom. The number of carbonyl (C=O) groups is 2. The van der Waals surface area contributed by atoms with Crippen molar-refractivity contribution in [3.05, 3.63) is 64.5 Å². The van der Waals surface area contributed by atoms with Gasteiger partial charge in [0.1, 0.15) is 0 Å². The normalized spacial score (nSPS) is 24.0. The van der Waals surface area contributed by atoms with E-state index in [0.29, 0.717) is 5.56 Å². The van der Waals surface area contributed by atoms with Crippen LogP contribution in [-0.4, -0.2) is 39.8 Å². The molecule has 0 radical (unpaired) electrons. The van der Waals surface area contributed by atoms with E-state index in [4.69, 9.17) is 5.73 Å². The number of nitrogens with zero attached hydrogens (tertiary/aromatic N) is 2. The van der Waals surface area contributed by atoms with Gasteiger partial charge in [-0.2, -0.15) is 0 Å². The minimum absolute atomic E-state index is 0.131. The molecule has 5 rings (SSSR count). The molecule has 1 aliphatic carbocycles. The lowest BCUT2D eigenvalue weighted by Crippen LogP contribution is -2.49. The van der Waals surface area contributed by atoms with Crippen LogP contribution >= 0.6 is 0 Å². The number of fused-ring (bicyclic) bond motifs is 3. The van der Waals surface area contributed by atoms with Gasteiger partial charge >= 0.3 is 0 Å². The van der Waals surface area contributed by atoms with Gasteiger partial charge in [-0.15, -0.1) is 0 Å². The van der Waals surface area contributed by atoms with Crippen molar-refractivity contribution in [2.75, 3.05) is 5.32 Å². The number of nitrogens with one attached hydrogen (secondary N) is 1. The summed E-state index contributed by atoms with van der Waals surface area (Å²) in [5.74, 6) is -0.338. The second kappa shape index (κ2) is 7.27. The van der Waals surface area contributed by atoms with Gasteiger partial charge in [0.2, 0.25) is 0 Å². The van der Waals surface area contributed by atoms with Gasteiger partial charge in [0.25, 0.3) is 11.8 Å². The molecular formula is C24H26N4O2. The third-order valence-electron chi connectivity index (χ3n) is 6.67. The molecule has 6 heteroatoms. The Morgan fingerprint density at radius 2 is 1.83 bits per heavy atom. The number of aryl methyl sites for hydroxylation is 1. The van der Waals surface area contributed by atoms with Gasteiger partial charge in [0.05, 0.1) is 16.9 Å². The highest BCUT2D eigenvalue weighted by Crippen LogP contribution is 2.39. The molecule has 0 spiro atoms. The van der Waals surface area contributed by atoms with Crippen LogP contribution in [0.3, 0.4) is 0 Å². The number of anilines is 1. The number of nitrogens with two attached hydrogens (primary N) is 1. The summed E-state index contributed by atoms with van der Waals surface area (Å²) >= 11 is 0. The number of allylic oxidation sites excluding steroid dienone is 1. The van der Waals surface area contributed by atoms with E-state index in [-0.39, 0.29) is 24.0 Å². The summed E-state index contributed by atoms with van der Waals surface area (Å²) in [7, 11) is 0. The smallest absolute Gasteiger partial charge is 0.254 e. The number of hydrogen-bond acceptors (Lipinski definition) is 4. The fraction of sp³-hybridized carbons (Fsp3) is 0.375. The number of pyridine rings is 1. The van der Waals surface area contributed by atoms with Crippen LogP contribution in [0.15, 0.2) is 36.5 Å². The predicted octanol–water partition coefficient (Wildman–Crippen LogP) is 3.31. The zero-order chi connectivity index (χ0) is 20.8. The molecule has 2 amide bonds. The molecule has 30 heavy (non-hydrogen) atoms. The minimum Gasteiger partial charge on any atom is -0.381 e. The summed E-state index contributed by atoms with van der Waals surface area (Å²) in [4.78, 5) is 31.6. The van der Waals surface area contributed by atoms with Crippen molar-refractivity contribution in [2.24, 2.45) is 5.73 Å². The first-order valence-corrected chi connectivity index (χ1v) is 10.7. The van der Waals surface area contributed by atoms with Crippen LogP contribution in [0.4, 0.5) is 5.69 Å². The van der Waals surface area contributed by atoms with Gasteiger partial charge in [-0.25, -0.2) is 0 Å². The zero-order valence-electron chi connectivity index (χ0n) is 17.1. The molecule has 2 aliphatic heterocycles. The van der Waals surface area contributed by atoms with Crippen molar-refractivity contribution in [2.45, 2.75) is 57.2 Å². The maximum absolute atomic E-state index is 13.2. The Morgan fingerprint density at radius 3 is 2.50 bits per heavy atom. The van der Waals surface area contributed by atoms with E-state index in [0.717, 1.165) is 60.2 Å². The maximum Gasteiger partial charge on any atom is 0.254 e. The van der Waals surface area contributed by atoms with Gasteiger partial charge < -0.3 is 16.0 Å². The van der Waals surface area contributed by atoms with E-state index in [9.17, 15) is 9.59 Å². The number of amides is 2. The van der Waals surface area contributed by atoms with Gasteiger partial charge in [-0.3, -0.25) is 14.6 Å². The number of piperidine rings is 1. The predicted molar refractivity (Wildman–Crippen MR) is 116 cm³/mol. The quantitative estimate of drug-likeness (QED) is 0.821. The minimum atomic E-state index is -0.469. The molecule has 3 atom stereocenters. The van der Waals surface area contributed by atoms with Crippen molar-refractivity contribution in [1.82, 2.24) is 9.88 Å². The van der Waals surface area contributed by atoms with Gasteiger partial charge in [-0.05, 0) is 44.7 Å². The van der Waals surface area contributed by atoms with Crippen molar-refractivity contribution >= 4 is 23.6 Å². The molecule has 3 aliphatic rings. The Balaban J connectivity index is 1.37. The topological polar surface area (TPSA) is 88.3 Å². The standard InChI is InChI=1S/C24H26N4O2/c1-14-5-7-15(8-6-14)24(30)28-17-9-10-18(28)12-16(11-17)27-22-19-3-2-4-21(19)26-13-20(22)23(25)29/h2-3,5-8,13,16-18H,4,9-12H2,1H3,(H2,25,29)(H,26,27)/t16?,17-,18+. The summed E-state index contributed by atoms with van der Waals surface area (Å²) in [5.41, 5.74) is 10.7. The summed E-state index contributed by atoms with van der Waals surface area (Å²) < 4.78 is 0. The Hall–Kier alpha value is -3.15. The second-order valence-corrected chi connectivity index (χ2v) is 8.65. The van der Waals surface area contributed by atoms with Crippen LogP contribution in [0, 0.1) is 6.92 Å². The van der Waals surface area contributed by atoms with Crippen LogP contribution in [0.2, 0.25) is 0 Å². The first-order valence-electron chi connectivity index (χ1n) is 10.7. The van der Waals surface area contributed by atoms with Crippen molar-refractivity contribution in [1.29, 1.82) is 0 Å². The maximum atomic E-state index is 13.2. The van der Waals surface area contributed by atoms with Crippen molar-refractivity contribution in [3.8, 4) is 0 Å². The number of carbonyl (C=O) groups excluding carboxylic acids is 2. The molecule has 1 aromatic heterocycles. The van der Waals surface area contributed by atoms with Gasteiger partial charge in [0.15, 0.2) is 0 Å². The molecule has 3 N–H and O–H groups in total. The van der Waals surface area contributed by atoms with E-state index in [1.54, 1.807) is 6.20 Å². The van der Waals surface area contributed by atoms with Crippen LogP contribution < -0.4 is 11.1 Å². The first-order chi connectivity index (χ1) is 14.5. The number of hydrogen-bond donors (Lipinski definition) is 2. The molecule has 6 nitrogen and oxygen atoms in total. The number of benzene rings is 1. The largest absolute Gasteiger partial charge is 0.381 e. The third kappa shape index (κ3) is 3.16. The summed E-state index contributed by atoms with van der Waals surface area (Å²) in [6, 6.07) is 8.47. The lowest BCUT2D eigenvalue weighted by atomic mass is 9.95. The monoisotopic (exact) mass is 402 g/mol. The van der Waals surface area contributed by atoms with E-state index in [1.807, 2.05) is 37.3 Å². The molecule has 2 aromatic rings. The number of rotatable bonds is 4. The zero-order valence-corrected chi connectivity index (χ0v) is 17.1. The van der Waals surface area contributed by atoms with Gasteiger partial charge in [0, 0.05) is 41.9 Å². The van der Waals surface area contributed by atoms with E-state index >= 15 is 0 Å². The van der Waals surface area contributed by atoms with E-state index < -0.39 is 5.91 Å². The van der Waals surface area contributed by atoms with E-state index in [1.165, 1.54) is 0 Å². The second-order valence-electron chi connectivity index (χ2n) is 8.65. The highest BCUT2D eigenvalue weighted by molar-refractivity contribution is 6.00. The SMILES string of the molecule is Cc1ccc(C(=O)N2[C@@H]3CC[C@H]2CC(Nc2c(C(N)=O)cnc4c2C=CC4)C3)cc1.